The second-order valence-electron chi connectivity index (χ2n) is 4.78. The molecule has 0 aliphatic heterocycles. The summed E-state index contributed by atoms with van der Waals surface area (Å²) in [5.41, 5.74) is 5.65. The molecule has 0 unspecified atom stereocenters. The second-order valence-corrected chi connectivity index (χ2v) is 6.53. The van der Waals surface area contributed by atoms with Crippen molar-refractivity contribution < 1.29 is 14.6 Å². The summed E-state index contributed by atoms with van der Waals surface area (Å²) in [4.78, 5) is 10.9. The number of carboxylic acids is 1. The van der Waals surface area contributed by atoms with Gasteiger partial charge in [-0.3, -0.25) is 4.79 Å². The Bertz CT molecular complexity index is 395. The monoisotopic (exact) mass is 283 g/mol. The van der Waals surface area contributed by atoms with Crippen molar-refractivity contribution in [1.82, 2.24) is 0 Å². The van der Waals surface area contributed by atoms with E-state index in [1.54, 1.807) is 11.8 Å². The van der Waals surface area contributed by atoms with Crippen LogP contribution in [0.2, 0.25) is 0 Å². The Balaban J connectivity index is 2.22. The second kappa shape index (κ2) is 7.40. The average Bonchev–Trinajstić information content (AvgIpc) is 2.38. The molecule has 0 saturated heterocycles. The minimum Gasteiger partial charge on any atom is -0.494 e. The van der Waals surface area contributed by atoms with Crippen LogP contribution < -0.4 is 10.5 Å². The smallest absolute Gasteiger partial charge is 0.321 e. The van der Waals surface area contributed by atoms with Crippen LogP contribution in [0, 0.1) is 0 Å². The first-order chi connectivity index (χ1) is 8.93. The summed E-state index contributed by atoms with van der Waals surface area (Å²) in [7, 11) is 0. The molecule has 106 valence electrons. The van der Waals surface area contributed by atoms with E-state index in [-0.39, 0.29) is 0 Å². The van der Waals surface area contributed by atoms with E-state index in [4.69, 9.17) is 15.6 Å². The van der Waals surface area contributed by atoms with E-state index in [1.165, 1.54) is 0 Å². The molecule has 1 aromatic rings. The molecule has 0 bridgehead atoms. The topological polar surface area (TPSA) is 72.5 Å². The number of carboxylic acid groups (broad SMARTS) is 1. The highest BCUT2D eigenvalue weighted by molar-refractivity contribution is 8.00. The minimum absolute atomic E-state index is 0.474. The first-order valence-corrected chi connectivity index (χ1v) is 7.22. The Morgan fingerprint density at radius 3 is 2.63 bits per heavy atom. The van der Waals surface area contributed by atoms with Crippen molar-refractivity contribution in [2.24, 2.45) is 5.73 Å². The number of rotatable bonds is 8. The molecule has 0 amide bonds. The van der Waals surface area contributed by atoms with Crippen molar-refractivity contribution in [3.8, 4) is 5.75 Å². The third kappa shape index (κ3) is 5.53. The van der Waals surface area contributed by atoms with Gasteiger partial charge >= 0.3 is 5.97 Å². The van der Waals surface area contributed by atoms with Crippen LogP contribution in [0.25, 0.3) is 0 Å². The Kier molecular flexibility index (Phi) is 6.18. The van der Waals surface area contributed by atoms with Gasteiger partial charge in [-0.1, -0.05) is 18.2 Å². The Morgan fingerprint density at radius 2 is 2.05 bits per heavy atom. The van der Waals surface area contributed by atoms with Gasteiger partial charge in [-0.2, -0.15) is 11.8 Å². The summed E-state index contributed by atoms with van der Waals surface area (Å²) in [6.45, 7) is 4.33. The molecular weight excluding hydrogens is 262 g/mol. The largest absolute Gasteiger partial charge is 0.494 e. The zero-order valence-electron chi connectivity index (χ0n) is 11.3. The first kappa shape index (κ1) is 15.9. The standard InChI is InChI=1S/C14H21NO3S/c1-14(2,12(15)13(16)17)19-10-6-9-18-11-7-4-3-5-8-11/h3-5,7-8,12H,6,9-10,15H2,1-2H3,(H,16,17)/t12-/m0/s1. The molecule has 0 radical (unpaired) electrons. The van der Waals surface area contributed by atoms with Crippen LogP contribution in [0.15, 0.2) is 30.3 Å². The van der Waals surface area contributed by atoms with Gasteiger partial charge in [0.25, 0.3) is 0 Å². The van der Waals surface area contributed by atoms with Gasteiger partial charge in [-0.15, -0.1) is 0 Å². The molecule has 3 N–H and O–H groups in total. The molecule has 0 fully saturated rings. The number of aliphatic carboxylic acids is 1. The number of benzene rings is 1. The van der Waals surface area contributed by atoms with Gasteiger partial charge in [0.05, 0.1) is 6.61 Å². The van der Waals surface area contributed by atoms with Gasteiger partial charge in [-0.25, -0.2) is 0 Å². The Labute approximate surface area is 118 Å². The number of ether oxygens (including phenoxy) is 1. The number of hydrogen-bond donors (Lipinski definition) is 2. The molecule has 0 aliphatic carbocycles. The van der Waals surface area contributed by atoms with Gasteiger partial charge in [0.1, 0.15) is 11.8 Å². The number of para-hydroxylation sites is 1. The number of nitrogens with two attached hydrogens (primary N) is 1. The van der Waals surface area contributed by atoms with Gasteiger partial charge in [0.2, 0.25) is 0 Å². The van der Waals surface area contributed by atoms with E-state index in [0.717, 1.165) is 17.9 Å². The number of thioether (sulfide) groups is 1. The highest BCUT2D eigenvalue weighted by Gasteiger charge is 2.32. The van der Waals surface area contributed by atoms with E-state index >= 15 is 0 Å². The fraction of sp³-hybridized carbons (Fsp3) is 0.500. The zero-order valence-corrected chi connectivity index (χ0v) is 12.2. The maximum atomic E-state index is 10.9. The number of carbonyl (C=O) groups is 1. The van der Waals surface area contributed by atoms with Gasteiger partial charge in [0, 0.05) is 4.75 Å². The van der Waals surface area contributed by atoms with Crippen molar-refractivity contribution >= 4 is 17.7 Å². The quantitative estimate of drug-likeness (QED) is 0.717. The summed E-state index contributed by atoms with van der Waals surface area (Å²) in [5.74, 6) is 0.716. The van der Waals surface area contributed by atoms with E-state index in [1.807, 2.05) is 44.2 Å². The van der Waals surface area contributed by atoms with Crippen molar-refractivity contribution in [2.75, 3.05) is 12.4 Å². The maximum absolute atomic E-state index is 10.9. The third-order valence-corrected chi connectivity index (χ3v) is 4.28. The minimum atomic E-state index is -0.960. The normalized spacial score (nSPS) is 13.0. The van der Waals surface area contributed by atoms with Crippen LogP contribution in [0.4, 0.5) is 0 Å². The van der Waals surface area contributed by atoms with Crippen LogP contribution in [0.1, 0.15) is 20.3 Å². The highest BCUT2D eigenvalue weighted by atomic mass is 32.2. The number of hydrogen-bond acceptors (Lipinski definition) is 4. The lowest BCUT2D eigenvalue weighted by atomic mass is 10.1. The molecular formula is C14H21NO3S. The van der Waals surface area contributed by atoms with E-state index in [0.29, 0.717) is 6.61 Å². The Morgan fingerprint density at radius 1 is 1.42 bits per heavy atom. The molecule has 0 saturated carbocycles. The fourth-order valence-corrected chi connectivity index (χ4v) is 2.56. The lowest BCUT2D eigenvalue weighted by molar-refractivity contribution is -0.139. The lowest BCUT2D eigenvalue weighted by Crippen LogP contribution is -2.46. The zero-order chi connectivity index (χ0) is 14.3. The fourth-order valence-electron chi connectivity index (χ4n) is 1.49. The molecule has 4 nitrogen and oxygen atoms in total. The van der Waals surface area contributed by atoms with Crippen molar-refractivity contribution in [3.05, 3.63) is 30.3 Å². The molecule has 1 aromatic carbocycles. The molecule has 1 atom stereocenters. The highest BCUT2D eigenvalue weighted by Crippen LogP contribution is 2.28. The van der Waals surface area contributed by atoms with Crippen molar-refractivity contribution in [1.29, 1.82) is 0 Å². The Hall–Kier alpha value is -1.20. The summed E-state index contributed by atoms with van der Waals surface area (Å²) in [5, 5.41) is 8.91. The summed E-state index contributed by atoms with van der Waals surface area (Å²) < 4.78 is 5.09. The van der Waals surface area contributed by atoms with Crippen LogP contribution in [0.5, 0.6) is 5.75 Å². The summed E-state index contributed by atoms with van der Waals surface area (Å²) in [6, 6.07) is 8.78. The average molecular weight is 283 g/mol. The SMILES string of the molecule is CC(C)(SCCCOc1ccccc1)[C@@H](N)C(=O)O. The molecule has 0 spiro atoms. The predicted molar refractivity (Wildman–Crippen MR) is 78.7 cm³/mol. The molecule has 0 aromatic heterocycles. The van der Waals surface area contributed by atoms with E-state index in [9.17, 15) is 4.79 Å². The van der Waals surface area contributed by atoms with Crippen LogP contribution >= 0.6 is 11.8 Å². The van der Waals surface area contributed by atoms with Gasteiger partial charge in [-0.05, 0) is 38.2 Å². The lowest BCUT2D eigenvalue weighted by Gasteiger charge is -2.27. The predicted octanol–water partition coefficient (Wildman–Crippen LogP) is 2.38. The summed E-state index contributed by atoms with van der Waals surface area (Å²) in [6.07, 6.45) is 0.856. The van der Waals surface area contributed by atoms with Gasteiger partial charge in [0.15, 0.2) is 0 Å². The summed E-state index contributed by atoms with van der Waals surface area (Å²) >= 11 is 1.56. The van der Waals surface area contributed by atoms with E-state index < -0.39 is 16.8 Å². The molecule has 19 heavy (non-hydrogen) atoms. The third-order valence-electron chi connectivity index (χ3n) is 2.79. The van der Waals surface area contributed by atoms with Crippen molar-refractivity contribution in [3.63, 3.8) is 0 Å². The van der Waals surface area contributed by atoms with Crippen molar-refractivity contribution in [2.45, 2.75) is 31.1 Å². The molecule has 0 aliphatic rings. The van der Waals surface area contributed by atoms with Crippen LogP contribution in [0.3, 0.4) is 0 Å². The molecule has 1 rings (SSSR count). The molecule has 5 heteroatoms. The first-order valence-electron chi connectivity index (χ1n) is 6.23. The maximum Gasteiger partial charge on any atom is 0.321 e. The van der Waals surface area contributed by atoms with Crippen LogP contribution in [-0.4, -0.2) is 34.2 Å². The molecule has 0 heterocycles. The van der Waals surface area contributed by atoms with Crippen LogP contribution in [-0.2, 0) is 4.79 Å². The van der Waals surface area contributed by atoms with E-state index in [2.05, 4.69) is 0 Å². The van der Waals surface area contributed by atoms with Gasteiger partial charge < -0.3 is 15.6 Å².